The van der Waals surface area contributed by atoms with E-state index in [9.17, 15) is 0 Å². The summed E-state index contributed by atoms with van der Waals surface area (Å²) >= 11 is 3.38. The summed E-state index contributed by atoms with van der Waals surface area (Å²) in [6.07, 6.45) is 0. The van der Waals surface area contributed by atoms with Gasteiger partial charge in [-0.05, 0) is 32.8 Å². The van der Waals surface area contributed by atoms with Gasteiger partial charge in [0.15, 0.2) is 0 Å². The molecule has 476 valence electrons. The molecule has 0 aromatic heterocycles. The Morgan fingerprint density at radius 2 is 0.521 bits per heavy atom. The molecule has 0 nitrogen and oxygen atoms in total. The van der Waals surface area contributed by atoms with Crippen molar-refractivity contribution in [3.63, 3.8) is 0 Å². The molecule has 0 saturated heterocycles. The fourth-order valence-electron chi connectivity index (χ4n) is 11.8. The average molecular weight is 1460 g/mol. The van der Waals surface area contributed by atoms with E-state index in [2.05, 4.69) is 377 Å². The van der Waals surface area contributed by atoms with Crippen LogP contribution in [-0.4, -0.2) is 10.9 Å². The normalized spacial score (nSPS) is 11.4. The van der Waals surface area contributed by atoms with Crippen molar-refractivity contribution in [2.45, 2.75) is 132 Å². The van der Waals surface area contributed by atoms with Crippen molar-refractivity contribution < 1.29 is 71.5 Å². The third-order valence-corrected chi connectivity index (χ3v) is 23.9. The molecule has 14 aromatic rings. The van der Waals surface area contributed by atoms with E-state index in [1.54, 1.807) is 57.0 Å². The zero-order valence-electron chi connectivity index (χ0n) is 58.2. The molecule has 94 heavy (non-hydrogen) atoms. The molecule has 0 bridgehead atoms. The third kappa shape index (κ3) is 19.6. The Morgan fingerprint density at radius 3 is 0.755 bits per heavy atom. The van der Waals surface area contributed by atoms with Crippen LogP contribution in [0.25, 0.3) is 86.9 Å². The van der Waals surface area contributed by atoms with E-state index in [1.165, 1.54) is 120 Å². The van der Waals surface area contributed by atoms with Crippen LogP contribution in [0.2, 0.25) is 13.1 Å². The molecule has 0 aliphatic heterocycles. The smallest absolute Gasteiger partial charge is 0.0279 e. The minimum absolute atomic E-state index is 0. The van der Waals surface area contributed by atoms with Crippen LogP contribution < -0.4 is 35.2 Å². The van der Waals surface area contributed by atoms with E-state index >= 15 is 0 Å². The number of hydrogen-bond acceptors (Lipinski definition) is 0. The van der Waals surface area contributed by atoms with E-state index in [4.69, 9.17) is 0 Å². The first kappa shape index (κ1) is 75.3. The monoisotopic (exact) mass is 1450 g/mol. The van der Waals surface area contributed by atoms with Gasteiger partial charge in [0.2, 0.25) is 0 Å². The Balaban J connectivity index is 0.000000163. The van der Waals surface area contributed by atoms with Crippen LogP contribution in [0.3, 0.4) is 0 Å². The molecule has 0 heterocycles. The van der Waals surface area contributed by atoms with Crippen molar-refractivity contribution in [1.82, 2.24) is 0 Å². The van der Waals surface area contributed by atoms with Crippen LogP contribution in [0.15, 0.2) is 267 Å². The summed E-state index contributed by atoms with van der Waals surface area (Å²) in [5, 5.41) is 19.4. The Morgan fingerprint density at radius 1 is 0.266 bits per heavy atom. The maximum atomic E-state index is 2.35. The van der Waals surface area contributed by atoms with E-state index in [1.807, 2.05) is 0 Å². The van der Waals surface area contributed by atoms with E-state index in [0.717, 1.165) is 0 Å². The van der Waals surface area contributed by atoms with Gasteiger partial charge in [-0.2, -0.15) is 12.1 Å². The molecule has 14 rings (SSSR count). The molecule has 0 aliphatic rings. The topological polar surface area (TPSA) is 0 Å². The van der Waals surface area contributed by atoms with Gasteiger partial charge in [0.25, 0.3) is 0 Å². The molecule has 0 N–H and O–H groups in total. The van der Waals surface area contributed by atoms with E-state index in [0.29, 0.717) is 0 Å². The van der Waals surface area contributed by atoms with Gasteiger partial charge in [-0.1, -0.05) is 252 Å². The molecule has 0 fully saturated rings. The first-order chi connectivity index (χ1) is 43.6. The molecule has 0 unspecified atom stereocenters. The molecule has 0 saturated carbocycles. The fraction of sp³-hybridized carbons (Fsp3) is 0.227. The Hall–Kier alpha value is -6.06. The van der Waals surface area contributed by atoms with Crippen molar-refractivity contribution in [3.8, 4) is 22.3 Å². The summed E-state index contributed by atoms with van der Waals surface area (Å²) in [5.41, 5.74) is 14.1. The SMILES string of the molecule is CC(C)(C)c1ccc2c(c1)[cH-]c1cc(C(C)(C)C)ccc12.CC(C)(C)c1ccc2c(c1)[cH-]c1cc(C(C)(C)C)ccc12.C[Si](=[Zr+2])c1ccccc1.C[Si](=[Zr+2])c1ccccc1.Cc1cc2c(-c3ccccc3)cccc2[cH-]1.Cc1cc2c(-c3ccccc3)cccc2[cH-]1.[Cl-].[Cl-]. The number of hydrogen-bond donors (Lipinski definition) is 0. The standard InChI is InChI=1S/2C21H25.2C16H13.2C7H8Si.2ClH.2Zr/c2*1-20(2,3)16-7-9-18-14(12-16)11-15-13-17(21(4,5)6)8-10-19(15)18;2*1-12-10-14-8-5-9-15(16(14)11-12)13-6-3-2-4-7-13;2*1-8-7-5-3-2-4-6-7;;;;/h2*7-13H,1-6H3;2*2-11H,1H3;2*2-6H,1H3;2*1H;;/q4*-1;;;;;2*+2/p-2. The molecule has 0 aliphatic carbocycles. The second kappa shape index (κ2) is 32.8. The van der Waals surface area contributed by atoms with Gasteiger partial charge in [-0.15, -0.1) is 149 Å². The second-order valence-corrected chi connectivity index (χ2v) is 43.6. The number of benzene rings is 10. The summed E-state index contributed by atoms with van der Waals surface area (Å²) in [5.74, 6) is 0. The zero-order chi connectivity index (χ0) is 66.1. The fourth-order valence-corrected chi connectivity index (χ4v) is 15.6. The molecular weight excluding hydrogens is 1370 g/mol. The Bertz CT molecular complexity index is 4340. The summed E-state index contributed by atoms with van der Waals surface area (Å²) in [7, 11) is 0. The van der Waals surface area contributed by atoms with Gasteiger partial charge >= 0.3 is 142 Å². The van der Waals surface area contributed by atoms with Crippen LogP contribution in [0, 0.1) is 13.8 Å². The summed E-state index contributed by atoms with van der Waals surface area (Å²) in [4.78, 5) is 0. The predicted octanol–water partition coefficient (Wildman–Crippen LogP) is 17.8. The minimum atomic E-state index is -0.122. The van der Waals surface area contributed by atoms with Crippen LogP contribution in [0.4, 0.5) is 0 Å². The first-order valence-electron chi connectivity index (χ1n) is 32.5. The number of fused-ring (bicyclic) bond motifs is 8. The Kier molecular flexibility index (Phi) is 26.3. The predicted molar refractivity (Wildman–Crippen MR) is 404 cm³/mol. The molecule has 0 spiro atoms. The van der Waals surface area contributed by atoms with Crippen LogP contribution in [0.5, 0.6) is 0 Å². The molecule has 6 heteroatoms. The zero-order valence-corrected chi connectivity index (χ0v) is 66.6. The minimum Gasteiger partial charge on any atom is -1.00 e. The van der Waals surface area contributed by atoms with E-state index in [-0.39, 0.29) is 57.3 Å². The van der Waals surface area contributed by atoms with Gasteiger partial charge in [0.1, 0.15) is 0 Å². The number of aryl methyl sites for hydroxylation is 2. The molecule has 0 radical (unpaired) electrons. The van der Waals surface area contributed by atoms with Crippen molar-refractivity contribution >= 4 is 85.9 Å². The molecular formula is C88H92Cl2Si2Zr2-2. The third-order valence-electron chi connectivity index (χ3n) is 17.2. The van der Waals surface area contributed by atoms with Gasteiger partial charge in [-0.25, -0.2) is 0 Å². The quantitative estimate of drug-likeness (QED) is 0.122. The number of rotatable bonds is 4. The second-order valence-electron chi connectivity index (χ2n) is 28.9. The molecule has 0 amide bonds. The van der Waals surface area contributed by atoms with Crippen LogP contribution in [0.1, 0.15) is 116 Å². The largest absolute Gasteiger partial charge is 1.00 e. The van der Waals surface area contributed by atoms with Crippen LogP contribution in [-0.2, 0) is 68.3 Å². The molecule has 0 atom stereocenters. The molecule has 14 aromatic carbocycles. The van der Waals surface area contributed by atoms with E-state index < -0.39 is 0 Å². The van der Waals surface area contributed by atoms with Gasteiger partial charge in [-0.3, -0.25) is 0 Å². The average Bonchev–Trinajstić information content (AvgIpc) is 1.70. The van der Waals surface area contributed by atoms with Crippen LogP contribution >= 0.6 is 0 Å². The Labute approximate surface area is 605 Å². The first-order valence-corrected chi connectivity index (χ1v) is 43.9. The summed E-state index contributed by atoms with van der Waals surface area (Å²) in [6, 6.07) is 97.0. The van der Waals surface area contributed by atoms with Crippen molar-refractivity contribution in [2.75, 3.05) is 0 Å². The van der Waals surface area contributed by atoms with Crippen molar-refractivity contribution in [1.29, 1.82) is 0 Å². The summed E-state index contributed by atoms with van der Waals surface area (Å²) < 4.78 is 0. The number of halogens is 2. The van der Waals surface area contributed by atoms with Gasteiger partial charge < -0.3 is 24.8 Å². The van der Waals surface area contributed by atoms with Gasteiger partial charge in [0, 0.05) is 0 Å². The summed E-state index contributed by atoms with van der Waals surface area (Å²) in [6.45, 7) is 36.3. The maximum absolute atomic E-state index is 2.35. The van der Waals surface area contributed by atoms with Crippen molar-refractivity contribution in [2.24, 2.45) is 0 Å². The van der Waals surface area contributed by atoms with Gasteiger partial charge in [0.05, 0.1) is 0 Å². The van der Waals surface area contributed by atoms with Crippen molar-refractivity contribution in [3.05, 3.63) is 300 Å². The maximum Gasteiger partial charge on any atom is -0.0279 e.